The number of carbonyl (C=O) groups excluding carboxylic acids is 1. The lowest BCUT2D eigenvalue weighted by molar-refractivity contribution is -0.122. The molecule has 9 nitrogen and oxygen atoms in total. The highest BCUT2D eigenvalue weighted by atomic mass is 16.5. The second-order valence-electron chi connectivity index (χ2n) is 8.83. The molecule has 9 heteroatoms. The summed E-state index contributed by atoms with van der Waals surface area (Å²) in [5, 5.41) is 4.13. The van der Waals surface area contributed by atoms with Crippen LogP contribution in [0.25, 0.3) is 16.7 Å². The standard InChI is InChI=1S/C26H29N7O2/c1-2-28-23(18-13-17-8-10-29-26(17)31-15-18)24-25(27)30-16-21-5-3-4-11-35-12-9-22(34)32-19-6-7-20(14-19)33(21)24/h3,5,8,10,13,15-16,19-20H,1,4,6-7,9,11-12,14H2,(H2,27,30)(H,29,31)(H,32,34)/b5-3+,24-23-/t19-,20-/m1/s1. The predicted molar refractivity (Wildman–Crippen MR) is 136 cm³/mol. The molecule has 0 radical (unpaired) electrons. The highest BCUT2D eigenvalue weighted by molar-refractivity contribution is 6.05. The first-order valence-corrected chi connectivity index (χ1v) is 11.9. The second-order valence-corrected chi connectivity index (χ2v) is 8.83. The predicted octanol–water partition coefficient (Wildman–Crippen LogP) is 3.01. The summed E-state index contributed by atoms with van der Waals surface area (Å²) in [6, 6.07) is 4.18. The molecule has 2 aromatic rings. The van der Waals surface area contributed by atoms with Gasteiger partial charge in [0.05, 0.1) is 25.1 Å². The highest BCUT2D eigenvalue weighted by Gasteiger charge is 2.36. The molecule has 0 saturated heterocycles. The van der Waals surface area contributed by atoms with Gasteiger partial charge >= 0.3 is 0 Å². The third kappa shape index (κ3) is 4.82. The van der Waals surface area contributed by atoms with Gasteiger partial charge in [0, 0.05) is 41.8 Å². The number of pyridine rings is 1. The van der Waals surface area contributed by atoms with Gasteiger partial charge in [0.1, 0.15) is 22.9 Å². The van der Waals surface area contributed by atoms with E-state index >= 15 is 0 Å². The lowest BCUT2D eigenvalue weighted by Gasteiger charge is -2.36. The number of nitrogens with one attached hydrogen (secondary N) is 2. The van der Waals surface area contributed by atoms with Crippen molar-refractivity contribution in [1.29, 1.82) is 0 Å². The summed E-state index contributed by atoms with van der Waals surface area (Å²) in [6.45, 7) is 4.70. The van der Waals surface area contributed by atoms with Crippen LogP contribution >= 0.6 is 0 Å². The fourth-order valence-corrected chi connectivity index (χ4v) is 4.91. The van der Waals surface area contributed by atoms with Crippen LogP contribution in [0, 0.1) is 0 Å². The van der Waals surface area contributed by atoms with E-state index in [-0.39, 0.29) is 18.0 Å². The van der Waals surface area contributed by atoms with E-state index in [2.05, 4.69) is 54.8 Å². The third-order valence-electron chi connectivity index (χ3n) is 6.51. The lowest BCUT2D eigenvalue weighted by atomic mass is 10.0. The Hall–Kier alpha value is -3.94. The van der Waals surface area contributed by atoms with E-state index in [9.17, 15) is 4.79 Å². The fourth-order valence-electron chi connectivity index (χ4n) is 4.91. The van der Waals surface area contributed by atoms with Gasteiger partial charge in [0.2, 0.25) is 5.91 Å². The van der Waals surface area contributed by atoms with Gasteiger partial charge in [0.25, 0.3) is 0 Å². The number of aromatic amines is 1. The Morgan fingerprint density at radius 2 is 2.26 bits per heavy atom. The summed E-state index contributed by atoms with van der Waals surface area (Å²) < 4.78 is 5.62. The van der Waals surface area contributed by atoms with Crippen molar-refractivity contribution in [3.05, 3.63) is 66.4 Å². The first-order valence-electron chi connectivity index (χ1n) is 11.9. The van der Waals surface area contributed by atoms with Gasteiger partial charge in [-0.25, -0.2) is 15.0 Å². The molecule has 2 bridgehead atoms. The van der Waals surface area contributed by atoms with Crippen LogP contribution in [0.5, 0.6) is 0 Å². The van der Waals surface area contributed by atoms with Gasteiger partial charge in [-0.15, -0.1) is 0 Å². The van der Waals surface area contributed by atoms with Crippen molar-refractivity contribution in [3.8, 4) is 0 Å². The SMILES string of the molecule is C=C=N/C(=C1/C(N)=NC=C2/C=C/CCOCCC(=O)N[C@@H]3CC[C@H](C3)N21)c1cnc2[nH]ccc2c1. The number of H-pyrrole nitrogens is 1. The van der Waals surface area contributed by atoms with Gasteiger partial charge in [-0.1, -0.05) is 6.08 Å². The van der Waals surface area contributed by atoms with Gasteiger partial charge in [-0.3, -0.25) is 4.79 Å². The van der Waals surface area contributed by atoms with E-state index in [1.807, 2.05) is 18.3 Å². The maximum atomic E-state index is 12.4. The number of amides is 1. The number of carbonyl (C=O) groups is 1. The molecular weight excluding hydrogens is 442 g/mol. The maximum Gasteiger partial charge on any atom is 0.222 e. The van der Waals surface area contributed by atoms with Crippen LogP contribution in [0.4, 0.5) is 0 Å². The number of aromatic nitrogens is 2. The van der Waals surface area contributed by atoms with Crippen LogP contribution in [-0.4, -0.2) is 57.8 Å². The van der Waals surface area contributed by atoms with E-state index in [0.29, 0.717) is 36.9 Å². The molecule has 1 saturated carbocycles. The van der Waals surface area contributed by atoms with Gasteiger partial charge in [-0.2, -0.15) is 0 Å². The quantitative estimate of drug-likeness (QED) is 0.582. The van der Waals surface area contributed by atoms with Crippen molar-refractivity contribution in [2.45, 2.75) is 44.2 Å². The van der Waals surface area contributed by atoms with Crippen LogP contribution in [0.1, 0.15) is 37.7 Å². The molecule has 2 atom stereocenters. The van der Waals surface area contributed by atoms with Gasteiger partial charge < -0.3 is 25.7 Å². The zero-order chi connectivity index (χ0) is 24.2. The maximum absolute atomic E-state index is 12.4. The summed E-state index contributed by atoms with van der Waals surface area (Å²) in [7, 11) is 0. The Bertz CT molecular complexity index is 1300. The lowest BCUT2D eigenvalue weighted by Crippen LogP contribution is -2.41. The van der Waals surface area contributed by atoms with Gasteiger partial charge in [0.15, 0.2) is 0 Å². The zero-order valence-corrected chi connectivity index (χ0v) is 19.5. The normalized spacial score (nSPS) is 25.5. The summed E-state index contributed by atoms with van der Waals surface area (Å²) in [5.41, 5.74) is 10.3. The number of allylic oxidation sites excluding steroid dienone is 1. The fraction of sp³-hybridized carbons (Fsp3) is 0.346. The number of aliphatic imine (C=N–C) groups is 2. The van der Waals surface area contributed by atoms with E-state index in [1.54, 1.807) is 12.4 Å². The Kier molecular flexibility index (Phi) is 6.61. The molecule has 2 aromatic heterocycles. The van der Waals surface area contributed by atoms with Crippen LogP contribution < -0.4 is 11.1 Å². The smallest absolute Gasteiger partial charge is 0.222 e. The first kappa shape index (κ1) is 22.8. The Balaban J connectivity index is 1.62. The molecule has 0 aromatic carbocycles. The van der Waals surface area contributed by atoms with Crippen LogP contribution in [0.3, 0.4) is 0 Å². The zero-order valence-electron chi connectivity index (χ0n) is 19.5. The molecule has 4 N–H and O–H groups in total. The number of fused-ring (bicyclic) bond motifs is 5. The molecule has 3 aliphatic rings. The van der Waals surface area contributed by atoms with Crippen molar-refractivity contribution in [2.24, 2.45) is 15.7 Å². The Morgan fingerprint density at radius 3 is 3.14 bits per heavy atom. The molecule has 1 aliphatic carbocycles. The molecule has 1 fully saturated rings. The largest absolute Gasteiger partial charge is 0.382 e. The van der Waals surface area contributed by atoms with Crippen molar-refractivity contribution < 1.29 is 9.53 Å². The summed E-state index contributed by atoms with van der Waals surface area (Å²) in [5.74, 6) is 3.08. The molecule has 4 heterocycles. The number of hydrogen-bond acceptors (Lipinski definition) is 7. The summed E-state index contributed by atoms with van der Waals surface area (Å²) in [4.78, 5) is 31.3. The monoisotopic (exact) mass is 471 g/mol. The van der Waals surface area contributed by atoms with E-state index in [1.165, 1.54) is 0 Å². The number of nitrogens with zero attached hydrogens (tertiary/aromatic N) is 4. The number of rotatable bonds is 2. The second kappa shape index (κ2) is 10.1. The molecule has 1 amide bonds. The van der Waals surface area contributed by atoms with Crippen LogP contribution in [0.2, 0.25) is 0 Å². The molecule has 2 aliphatic heterocycles. The minimum Gasteiger partial charge on any atom is -0.382 e. The van der Waals surface area contributed by atoms with Crippen LogP contribution in [-0.2, 0) is 9.53 Å². The summed E-state index contributed by atoms with van der Waals surface area (Å²) in [6.07, 6.45) is 13.2. The van der Waals surface area contributed by atoms with Crippen molar-refractivity contribution >= 4 is 34.3 Å². The molecule has 180 valence electrons. The van der Waals surface area contributed by atoms with E-state index in [0.717, 1.165) is 48.0 Å². The average molecular weight is 472 g/mol. The number of ether oxygens (including phenoxy) is 1. The van der Waals surface area contributed by atoms with Crippen molar-refractivity contribution in [3.63, 3.8) is 0 Å². The number of hydrogen-bond donors (Lipinski definition) is 3. The molecular formula is C26H29N7O2. The van der Waals surface area contributed by atoms with E-state index < -0.39 is 0 Å². The van der Waals surface area contributed by atoms with Crippen LogP contribution in [0.15, 0.2) is 70.8 Å². The van der Waals surface area contributed by atoms with E-state index in [4.69, 9.17) is 10.5 Å². The number of nitrogens with two attached hydrogens (primary N) is 1. The topological polar surface area (TPSA) is 121 Å². The van der Waals surface area contributed by atoms with Crippen molar-refractivity contribution in [1.82, 2.24) is 20.2 Å². The molecule has 0 unspecified atom stereocenters. The Labute approximate surface area is 203 Å². The Morgan fingerprint density at radius 1 is 1.34 bits per heavy atom. The number of amidine groups is 1. The van der Waals surface area contributed by atoms with Crippen molar-refractivity contribution in [2.75, 3.05) is 13.2 Å². The first-order chi connectivity index (χ1) is 17.1. The molecule has 5 rings (SSSR count). The third-order valence-corrected chi connectivity index (χ3v) is 6.51. The van der Waals surface area contributed by atoms with Gasteiger partial charge in [-0.05, 0) is 56.3 Å². The molecule has 35 heavy (non-hydrogen) atoms. The summed E-state index contributed by atoms with van der Waals surface area (Å²) >= 11 is 0. The molecule has 0 spiro atoms. The minimum atomic E-state index is 0.0253. The average Bonchev–Trinajstić information content (AvgIpc) is 3.51. The minimum absolute atomic E-state index is 0.0253. The highest BCUT2D eigenvalue weighted by Crippen LogP contribution is 2.36.